The zero-order valence-electron chi connectivity index (χ0n) is 21.0. The largest absolute Gasteiger partial charge is 0.494 e. The quantitative estimate of drug-likeness (QED) is 0.295. The molecule has 7 heteroatoms. The van der Waals surface area contributed by atoms with E-state index in [1.54, 1.807) is 16.8 Å². The number of halogens is 1. The van der Waals surface area contributed by atoms with E-state index in [4.69, 9.17) is 14.6 Å². The van der Waals surface area contributed by atoms with Crippen molar-refractivity contribution in [3.63, 3.8) is 0 Å². The summed E-state index contributed by atoms with van der Waals surface area (Å²) in [6.45, 7) is 5.07. The van der Waals surface area contributed by atoms with E-state index in [1.807, 2.05) is 74.6 Å². The number of nitrogens with zero attached hydrogens (tertiary/aromatic N) is 2. The van der Waals surface area contributed by atoms with Crippen LogP contribution in [-0.2, 0) is 11.3 Å². The predicted octanol–water partition coefficient (Wildman–Crippen LogP) is 5.90. The number of benzene rings is 3. The van der Waals surface area contributed by atoms with Crippen LogP contribution in [0.5, 0.6) is 11.5 Å². The monoisotopic (exact) mass is 499 g/mol. The van der Waals surface area contributed by atoms with Crippen molar-refractivity contribution in [2.24, 2.45) is 5.92 Å². The van der Waals surface area contributed by atoms with E-state index in [0.29, 0.717) is 31.0 Å². The van der Waals surface area contributed by atoms with Gasteiger partial charge in [-0.05, 0) is 74.2 Å². The van der Waals surface area contributed by atoms with Crippen LogP contribution in [-0.4, -0.2) is 28.9 Å². The van der Waals surface area contributed by atoms with Crippen LogP contribution in [0.25, 0.3) is 16.9 Å². The molecule has 6 nitrogen and oxygen atoms in total. The Hall–Kier alpha value is -4.13. The van der Waals surface area contributed by atoms with E-state index in [2.05, 4.69) is 5.32 Å². The third-order valence-corrected chi connectivity index (χ3v) is 6.52. The standard InChI is InChI=1S/C30H30FN3O3/c1-3-36-24-13-10-20(11-14-24)25-17-26(25)30(35)32-18-22-19-34(23-8-6-5-7-9-23)33-29(22)21-12-15-28(37-4-2)27(31)16-21/h5-16,19,25-26H,3-4,17-18H2,1-2H3,(H,32,35). The normalized spacial score (nSPS) is 16.3. The van der Waals surface area contributed by atoms with Crippen molar-refractivity contribution in [3.05, 3.63) is 95.9 Å². The highest BCUT2D eigenvalue weighted by molar-refractivity contribution is 5.83. The Morgan fingerprint density at radius 1 is 1.03 bits per heavy atom. The molecular formula is C30H30FN3O3. The highest BCUT2D eigenvalue weighted by atomic mass is 19.1. The number of carbonyl (C=O) groups excluding carboxylic acids is 1. The Kier molecular flexibility index (Phi) is 7.21. The molecule has 0 radical (unpaired) electrons. The van der Waals surface area contributed by atoms with Crippen molar-refractivity contribution in [3.8, 4) is 28.4 Å². The molecular weight excluding hydrogens is 469 g/mol. The van der Waals surface area contributed by atoms with Crippen molar-refractivity contribution in [2.75, 3.05) is 13.2 Å². The summed E-state index contributed by atoms with van der Waals surface area (Å²) in [5.74, 6) is 0.755. The molecule has 2 unspecified atom stereocenters. The molecule has 1 heterocycles. The van der Waals surface area contributed by atoms with Crippen LogP contribution in [0.3, 0.4) is 0 Å². The van der Waals surface area contributed by atoms with E-state index in [1.165, 1.54) is 6.07 Å². The van der Waals surface area contributed by atoms with E-state index >= 15 is 0 Å². The third kappa shape index (κ3) is 5.50. The molecule has 4 aromatic rings. The molecule has 1 fully saturated rings. The van der Waals surface area contributed by atoms with Gasteiger partial charge in [0.1, 0.15) is 5.75 Å². The summed E-state index contributed by atoms with van der Waals surface area (Å²) in [6.07, 6.45) is 2.70. The second-order valence-corrected chi connectivity index (χ2v) is 9.03. The first-order valence-electron chi connectivity index (χ1n) is 12.6. The van der Waals surface area contributed by atoms with Gasteiger partial charge in [-0.15, -0.1) is 0 Å². The molecule has 1 saturated carbocycles. The van der Waals surface area contributed by atoms with E-state index in [9.17, 15) is 9.18 Å². The first-order valence-corrected chi connectivity index (χ1v) is 12.6. The zero-order valence-corrected chi connectivity index (χ0v) is 21.0. The van der Waals surface area contributed by atoms with Gasteiger partial charge in [-0.3, -0.25) is 4.79 Å². The summed E-state index contributed by atoms with van der Waals surface area (Å²) in [7, 11) is 0. The van der Waals surface area contributed by atoms with Gasteiger partial charge < -0.3 is 14.8 Å². The van der Waals surface area contributed by atoms with Crippen LogP contribution in [0.2, 0.25) is 0 Å². The van der Waals surface area contributed by atoms with Crippen molar-refractivity contribution >= 4 is 5.91 Å². The van der Waals surface area contributed by atoms with Gasteiger partial charge in [0.25, 0.3) is 0 Å². The molecule has 0 aliphatic heterocycles. The molecule has 37 heavy (non-hydrogen) atoms. The maximum absolute atomic E-state index is 14.6. The van der Waals surface area contributed by atoms with Gasteiger partial charge in [-0.2, -0.15) is 5.10 Å². The number of hydrogen-bond acceptors (Lipinski definition) is 4. The highest BCUT2D eigenvalue weighted by Gasteiger charge is 2.43. The fraction of sp³-hybridized carbons (Fsp3) is 0.267. The molecule has 1 aliphatic carbocycles. The third-order valence-electron chi connectivity index (χ3n) is 6.52. The van der Waals surface area contributed by atoms with Crippen LogP contribution in [0, 0.1) is 11.7 Å². The second kappa shape index (κ2) is 10.9. The smallest absolute Gasteiger partial charge is 0.224 e. The fourth-order valence-electron chi connectivity index (χ4n) is 4.56. The maximum Gasteiger partial charge on any atom is 0.224 e. The van der Waals surface area contributed by atoms with Gasteiger partial charge in [0.2, 0.25) is 5.91 Å². The summed E-state index contributed by atoms with van der Waals surface area (Å²) >= 11 is 0. The van der Waals surface area contributed by atoms with E-state index in [0.717, 1.165) is 29.0 Å². The van der Waals surface area contributed by atoms with Gasteiger partial charge in [-0.1, -0.05) is 30.3 Å². The lowest BCUT2D eigenvalue weighted by molar-refractivity contribution is -0.122. The molecule has 5 rings (SSSR count). The molecule has 0 bridgehead atoms. The highest BCUT2D eigenvalue weighted by Crippen LogP contribution is 2.47. The lowest BCUT2D eigenvalue weighted by atomic mass is 10.1. The number of carbonyl (C=O) groups is 1. The summed E-state index contributed by atoms with van der Waals surface area (Å²) in [5.41, 5.74) is 4.07. The number of ether oxygens (including phenoxy) is 2. The lowest BCUT2D eigenvalue weighted by Gasteiger charge is -2.08. The molecule has 1 aromatic heterocycles. The van der Waals surface area contributed by atoms with Gasteiger partial charge in [0.15, 0.2) is 11.6 Å². The van der Waals surface area contributed by atoms with Crippen LogP contribution < -0.4 is 14.8 Å². The molecule has 1 N–H and O–H groups in total. The van der Waals surface area contributed by atoms with Crippen LogP contribution in [0.4, 0.5) is 4.39 Å². The SMILES string of the molecule is CCOc1ccc(C2CC2C(=O)NCc2cn(-c3ccccc3)nc2-c2ccc(OCC)c(F)c2)cc1. The fourth-order valence-corrected chi connectivity index (χ4v) is 4.56. The maximum atomic E-state index is 14.6. The van der Waals surface area contributed by atoms with Gasteiger partial charge in [-0.25, -0.2) is 9.07 Å². The average molecular weight is 500 g/mol. The number of aromatic nitrogens is 2. The molecule has 2 atom stereocenters. The number of hydrogen-bond donors (Lipinski definition) is 1. The number of rotatable bonds is 10. The van der Waals surface area contributed by atoms with Crippen molar-refractivity contribution in [1.29, 1.82) is 0 Å². The Morgan fingerprint density at radius 3 is 2.49 bits per heavy atom. The minimum Gasteiger partial charge on any atom is -0.494 e. The Balaban J connectivity index is 1.33. The van der Waals surface area contributed by atoms with Crippen LogP contribution in [0.1, 0.15) is 37.3 Å². The Bertz CT molecular complexity index is 1370. The summed E-state index contributed by atoms with van der Waals surface area (Å²) in [5, 5.41) is 7.82. The van der Waals surface area contributed by atoms with Gasteiger partial charge >= 0.3 is 0 Å². The Morgan fingerprint density at radius 2 is 1.78 bits per heavy atom. The molecule has 0 saturated heterocycles. The number of nitrogens with one attached hydrogen (secondary N) is 1. The van der Waals surface area contributed by atoms with Gasteiger partial charge in [0.05, 0.1) is 24.6 Å². The van der Waals surface area contributed by atoms with Crippen LogP contribution in [0.15, 0.2) is 79.0 Å². The summed E-state index contributed by atoms with van der Waals surface area (Å²) in [6, 6.07) is 22.5. The predicted molar refractivity (Wildman–Crippen MR) is 140 cm³/mol. The number of para-hydroxylation sites is 1. The minimum atomic E-state index is -0.445. The zero-order chi connectivity index (χ0) is 25.8. The molecule has 0 spiro atoms. The second-order valence-electron chi connectivity index (χ2n) is 9.03. The van der Waals surface area contributed by atoms with Crippen LogP contribution >= 0.6 is 0 Å². The number of amides is 1. The Labute approximate surface area is 216 Å². The first-order chi connectivity index (χ1) is 18.1. The molecule has 1 amide bonds. The minimum absolute atomic E-state index is 0.00942. The molecule has 1 aliphatic rings. The van der Waals surface area contributed by atoms with Crippen molar-refractivity contribution in [2.45, 2.75) is 32.7 Å². The van der Waals surface area contributed by atoms with Crippen molar-refractivity contribution < 1.29 is 18.7 Å². The average Bonchev–Trinajstić information content (AvgIpc) is 3.61. The van der Waals surface area contributed by atoms with E-state index in [-0.39, 0.29) is 23.5 Å². The molecule has 3 aromatic carbocycles. The van der Waals surface area contributed by atoms with Crippen molar-refractivity contribution in [1.82, 2.24) is 15.1 Å². The van der Waals surface area contributed by atoms with E-state index < -0.39 is 5.82 Å². The topological polar surface area (TPSA) is 65.4 Å². The first kappa shape index (κ1) is 24.6. The lowest BCUT2D eigenvalue weighted by Crippen LogP contribution is -2.25. The summed E-state index contributed by atoms with van der Waals surface area (Å²) in [4.78, 5) is 13.0. The molecule has 190 valence electrons. The summed E-state index contributed by atoms with van der Waals surface area (Å²) < 4.78 is 27.3. The van der Waals surface area contributed by atoms with Gasteiger partial charge in [0, 0.05) is 29.8 Å².